The fourth-order valence-electron chi connectivity index (χ4n) is 2.77. The number of anilines is 2. The third-order valence-corrected chi connectivity index (χ3v) is 5.89. The third-order valence-electron chi connectivity index (χ3n) is 4.68. The average Bonchev–Trinajstić information content (AvgIpc) is 2.70. The van der Waals surface area contributed by atoms with E-state index in [0.717, 1.165) is 31.2 Å². The van der Waals surface area contributed by atoms with Crippen LogP contribution in [-0.2, 0) is 21.2 Å². The molecule has 0 aliphatic rings. The van der Waals surface area contributed by atoms with Crippen LogP contribution in [0, 0.1) is 0 Å². The highest BCUT2D eigenvalue weighted by atomic mass is 32.2. The van der Waals surface area contributed by atoms with Gasteiger partial charge in [0.15, 0.2) is 6.10 Å². The van der Waals surface area contributed by atoms with Gasteiger partial charge in [0, 0.05) is 12.7 Å². The van der Waals surface area contributed by atoms with Crippen molar-refractivity contribution in [2.45, 2.75) is 45.6 Å². The summed E-state index contributed by atoms with van der Waals surface area (Å²) in [5.74, 6) is 0.290. The van der Waals surface area contributed by atoms with Crippen molar-refractivity contribution < 1.29 is 17.9 Å². The van der Waals surface area contributed by atoms with Gasteiger partial charge in [0.1, 0.15) is 5.75 Å². The van der Waals surface area contributed by atoms with Gasteiger partial charge in [-0.2, -0.15) is 0 Å². The summed E-state index contributed by atoms with van der Waals surface area (Å²) in [5, 5.41) is 2.89. The summed E-state index contributed by atoms with van der Waals surface area (Å²) in [6, 6.07) is 14.5. The van der Waals surface area contributed by atoms with Crippen molar-refractivity contribution in [1.29, 1.82) is 0 Å². The number of benzene rings is 2. The smallest absolute Gasteiger partial charge is 0.265 e. The Bertz CT molecular complexity index is 893. The SMILES string of the molecule is CCCCc1ccc(NC(=O)[C@H](CC)Oc2ccc(N(C)S(C)(=O)=O)cc2)cc1. The molecule has 0 aliphatic carbocycles. The fourth-order valence-corrected chi connectivity index (χ4v) is 3.28. The third kappa shape index (κ3) is 6.78. The number of hydrogen-bond donors (Lipinski definition) is 1. The van der Waals surface area contributed by atoms with Crippen molar-refractivity contribution in [2.24, 2.45) is 0 Å². The quantitative estimate of drug-likeness (QED) is 0.627. The largest absolute Gasteiger partial charge is 0.481 e. The lowest BCUT2D eigenvalue weighted by Gasteiger charge is -2.19. The summed E-state index contributed by atoms with van der Waals surface area (Å²) in [4.78, 5) is 12.6. The number of nitrogens with one attached hydrogen (secondary N) is 1. The van der Waals surface area contributed by atoms with Gasteiger partial charge in [-0.3, -0.25) is 9.10 Å². The Hall–Kier alpha value is -2.54. The first-order valence-corrected chi connectivity index (χ1v) is 11.7. The van der Waals surface area contributed by atoms with Gasteiger partial charge < -0.3 is 10.1 Å². The molecule has 0 saturated heterocycles. The highest BCUT2D eigenvalue weighted by Gasteiger charge is 2.19. The van der Waals surface area contributed by atoms with E-state index in [1.165, 1.54) is 16.9 Å². The highest BCUT2D eigenvalue weighted by molar-refractivity contribution is 7.92. The lowest BCUT2D eigenvalue weighted by Crippen LogP contribution is -2.32. The van der Waals surface area contributed by atoms with Crippen LogP contribution in [0.3, 0.4) is 0 Å². The lowest BCUT2D eigenvalue weighted by atomic mass is 10.1. The molecule has 2 rings (SSSR count). The van der Waals surface area contributed by atoms with Crippen LogP contribution >= 0.6 is 0 Å². The molecule has 0 aliphatic heterocycles. The van der Waals surface area contributed by atoms with Gasteiger partial charge in [0.25, 0.3) is 5.91 Å². The van der Waals surface area contributed by atoms with E-state index in [4.69, 9.17) is 4.74 Å². The number of amides is 1. The predicted octanol–water partition coefficient (Wildman–Crippen LogP) is 4.22. The minimum Gasteiger partial charge on any atom is -0.481 e. The van der Waals surface area contributed by atoms with E-state index in [0.29, 0.717) is 17.9 Å². The van der Waals surface area contributed by atoms with Gasteiger partial charge in [0.05, 0.1) is 11.9 Å². The van der Waals surface area contributed by atoms with Crippen LogP contribution in [0.2, 0.25) is 0 Å². The van der Waals surface area contributed by atoms with E-state index in [1.807, 2.05) is 31.2 Å². The number of ether oxygens (including phenoxy) is 1. The fraction of sp³-hybridized carbons (Fsp3) is 0.409. The zero-order valence-electron chi connectivity index (χ0n) is 17.5. The maximum atomic E-state index is 12.6. The molecule has 0 heterocycles. The van der Waals surface area contributed by atoms with Crippen LogP contribution in [-0.4, -0.2) is 33.7 Å². The molecule has 0 bridgehead atoms. The first kappa shape index (κ1) is 22.7. The maximum absolute atomic E-state index is 12.6. The van der Waals surface area contributed by atoms with Crippen molar-refractivity contribution in [3.05, 3.63) is 54.1 Å². The van der Waals surface area contributed by atoms with Crippen LogP contribution in [0.15, 0.2) is 48.5 Å². The second kappa shape index (κ2) is 10.3. The van der Waals surface area contributed by atoms with Crippen LogP contribution < -0.4 is 14.4 Å². The summed E-state index contributed by atoms with van der Waals surface area (Å²) < 4.78 is 30.2. The first-order chi connectivity index (χ1) is 13.7. The molecule has 7 heteroatoms. The van der Waals surface area contributed by atoms with Crippen molar-refractivity contribution in [3.63, 3.8) is 0 Å². The Kier molecular flexibility index (Phi) is 8.08. The Morgan fingerprint density at radius 3 is 2.21 bits per heavy atom. The molecule has 6 nitrogen and oxygen atoms in total. The molecule has 0 radical (unpaired) electrons. The van der Waals surface area contributed by atoms with Gasteiger partial charge in [0.2, 0.25) is 10.0 Å². The normalized spacial score (nSPS) is 12.3. The lowest BCUT2D eigenvalue weighted by molar-refractivity contribution is -0.122. The number of carbonyl (C=O) groups excluding carboxylic acids is 1. The van der Waals surface area contributed by atoms with E-state index in [2.05, 4.69) is 12.2 Å². The van der Waals surface area contributed by atoms with E-state index in [9.17, 15) is 13.2 Å². The molecule has 2 aromatic rings. The van der Waals surface area contributed by atoms with Crippen molar-refractivity contribution in [2.75, 3.05) is 22.9 Å². The summed E-state index contributed by atoms with van der Waals surface area (Å²) in [6.45, 7) is 4.04. The van der Waals surface area contributed by atoms with Crippen LogP contribution in [0.1, 0.15) is 38.7 Å². The maximum Gasteiger partial charge on any atom is 0.265 e. The Labute approximate surface area is 173 Å². The minimum absolute atomic E-state index is 0.217. The number of aryl methyl sites for hydroxylation is 1. The number of sulfonamides is 1. The van der Waals surface area contributed by atoms with Crippen molar-refractivity contribution >= 4 is 27.3 Å². The molecule has 2 aromatic carbocycles. The zero-order chi connectivity index (χ0) is 21.4. The van der Waals surface area contributed by atoms with E-state index < -0.39 is 16.1 Å². The van der Waals surface area contributed by atoms with Gasteiger partial charge in [-0.25, -0.2) is 8.42 Å². The Morgan fingerprint density at radius 2 is 1.69 bits per heavy atom. The molecule has 0 saturated carbocycles. The molecule has 29 heavy (non-hydrogen) atoms. The van der Waals surface area contributed by atoms with E-state index in [-0.39, 0.29) is 5.91 Å². The Morgan fingerprint density at radius 1 is 1.07 bits per heavy atom. The molecule has 0 aromatic heterocycles. The molecular weight excluding hydrogens is 388 g/mol. The summed E-state index contributed by atoms with van der Waals surface area (Å²) >= 11 is 0. The Balaban J connectivity index is 1.99. The van der Waals surface area contributed by atoms with Gasteiger partial charge in [-0.1, -0.05) is 32.4 Å². The second-order valence-electron chi connectivity index (χ2n) is 7.03. The molecule has 158 valence electrons. The van der Waals surface area contributed by atoms with Crippen LogP contribution in [0.4, 0.5) is 11.4 Å². The van der Waals surface area contributed by atoms with Crippen LogP contribution in [0.25, 0.3) is 0 Å². The highest BCUT2D eigenvalue weighted by Crippen LogP contribution is 2.22. The van der Waals surface area contributed by atoms with Crippen molar-refractivity contribution in [1.82, 2.24) is 0 Å². The second-order valence-corrected chi connectivity index (χ2v) is 9.04. The molecular formula is C22H30N2O4S. The molecule has 0 spiro atoms. The number of carbonyl (C=O) groups is 1. The summed E-state index contributed by atoms with van der Waals surface area (Å²) in [6.07, 6.45) is 4.34. The molecule has 1 amide bonds. The standard InChI is InChI=1S/C22H30N2O4S/c1-5-7-8-17-9-11-18(12-10-17)23-22(25)21(6-2)28-20-15-13-19(14-16-20)24(3)29(4,26)27/h9-16,21H,5-8H2,1-4H3,(H,23,25)/t21-/m0/s1. The molecule has 1 atom stereocenters. The number of rotatable bonds is 10. The molecule has 1 N–H and O–H groups in total. The first-order valence-electron chi connectivity index (χ1n) is 9.85. The zero-order valence-corrected chi connectivity index (χ0v) is 18.3. The van der Waals surface area contributed by atoms with Crippen molar-refractivity contribution in [3.8, 4) is 5.75 Å². The van der Waals surface area contributed by atoms with E-state index >= 15 is 0 Å². The van der Waals surface area contributed by atoms with Gasteiger partial charge in [-0.15, -0.1) is 0 Å². The number of hydrogen-bond acceptors (Lipinski definition) is 4. The van der Waals surface area contributed by atoms with Crippen LogP contribution in [0.5, 0.6) is 5.75 Å². The van der Waals surface area contributed by atoms with Gasteiger partial charge >= 0.3 is 0 Å². The topological polar surface area (TPSA) is 75.7 Å². The molecule has 0 fully saturated rings. The molecule has 0 unspecified atom stereocenters. The number of unbranched alkanes of at least 4 members (excludes halogenated alkanes) is 1. The minimum atomic E-state index is -3.32. The summed E-state index contributed by atoms with van der Waals surface area (Å²) in [7, 11) is -1.84. The number of nitrogens with zero attached hydrogens (tertiary/aromatic N) is 1. The van der Waals surface area contributed by atoms with E-state index in [1.54, 1.807) is 24.3 Å². The summed E-state index contributed by atoms with van der Waals surface area (Å²) in [5.41, 5.74) is 2.52. The predicted molar refractivity (Wildman–Crippen MR) is 118 cm³/mol. The van der Waals surface area contributed by atoms with Gasteiger partial charge in [-0.05, 0) is 61.2 Å². The monoisotopic (exact) mass is 418 g/mol. The average molecular weight is 419 g/mol.